The van der Waals surface area contributed by atoms with E-state index in [1.165, 1.54) is 4.90 Å². The number of carbonyl (C=O) groups excluding carboxylic acids is 5. The van der Waals surface area contributed by atoms with Crippen molar-refractivity contribution in [2.24, 2.45) is 0 Å². The van der Waals surface area contributed by atoms with Gasteiger partial charge in [0.25, 0.3) is 11.8 Å². The van der Waals surface area contributed by atoms with Crippen LogP contribution in [-0.4, -0.2) is 72.7 Å². The van der Waals surface area contributed by atoms with Gasteiger partial charge in [-0.15, -0.1) is 0 Å². The second-order valence-electron chi connectivity index (χ2n) is 10.4. The fourth-order valence-electron chi connectivity index (χ4n) is 3.92. The Labute approximate surface area is 230 Å². The number of hydrogen-bond donors (Lipinski definition) is 3. The van der Waals surface area contributed by atoms with Crippen LogP contribution >= 0.6 is 0 Å². The summed E-state index contributed by atoms with van der Waals surface area (Å²) in [6.45, 7) is 8.53. The third-order valence-corrected chi connectivity index (χ3v) is 5.91. The molecule has 2 rings (SSSR count). The third kappa shape index (κ3) is 10.9. The zero-order valence-electron chi connectivity index (χ0n) is 23.5. The molecule has 11 heteroatoms. The summed E-state index contributed by atoms with van der Waals surface area (Å²) in [5.41, 5.74) is 0.256. The maximum Gasteiger partial charge on any atom is 0.407 e. The van der Waals surface area contributed by atoms with Gasteiger partial charge in [0.15, 0.2) is 0 Å². The van der Waals surface area contributed by atoms with Crippen LogP contribution < -0.4 is 16.0 Å². The molecule has 0 aliphatic carbocycles. The Hall–Kier alpha value is -3.63. The summed E-state index contributed by atoms with van der Waals surface area (Å²) < 4.78 is 10.3. The van der Waals surface area contributed by atoms with E-state index >= 15 is 0 Å². The molecule has 0 saturated carbocycles. The minimum Gasteiger partial charge on any atom is -0.450 e. The molecule has 0 fully saturated rings. The van der Waals surface area contributed by atoms with Gasteiger partial charge >= 0.3 is 12.2 Å². The largest absolute Gasteiger partial charge is 0.450 e. The smallest absolute Gasteiger partial charge is 0.407 e. The standard InChI is InChI=1S/C28H42N4O7/c1-5-6-19-38-27(37)31-22(15-12-17-30-26(36)39-28(2,3)4)23(33)29-16-10-7-11-18-32-24(34)20-13-8-9-14-21(20)25(32)35/h8-9,13-14,22H,5-7,10-12,15-19H2,1-4H3,(H,29,33)(H,30,36)(H,31,37). The van der Waals surface area contributed by atoms with Crippen LogP contribution in [0.1, 0.15) is 93.4 Å². The Morgan fingerprint density at radius 2 is 1.51 bits per heavy atom. The molecule has 1 aliphatic heterocycles. The summed E-state index contributed by atoms with van der Waals surface area (Å²) in [7, 11) is 0. The Kier molecular flexibility index (Phi) is 12.7. The van der Waals surface area contributed by atoms with Crippen molar-refractivity contribution in [2.75, 3.05) is 26.2 Å². The first-order valence-corrected chi connectivity index (χ1v) is 13.7. The number of nitrogens with zero attached hydrogens (tertiary/aromatic N) is 1. The number of amides is 5. The number of alkyl carbamates (subject to hydrolysis) is 2. The average Bonchev–Trinajstić information content (AvgIpc) is 3.11. The average molecular weight is 547 g/mol. The van der Waals surface area contributed by atoms with Crippen molar-refractivity contribution in [3.63, 3.8) is 0 Å². The first kappa shape index (κ1) is 31.6. The van der Waals surface area contributed by atoms with E-state index in [0.29, 0.717) is 56.3 Å². The molecule has 216 valence electrons. The molecule has 1 aromatic carbocycles. The lowest BCUT2D eigenvalue weighted by Crippen LogP contribution is -2.47. The number of nitrogens with one attached hydrogen (secondary N) is 3. The van der Waals surface area contributed by atoms with Crippen molar-refractivity contribution in [2.45, 2.75) is 84.3 Å². The molecular formula is C28H42N4O7. The van der Waals surface area contributed by atoms with E-state index in [1.54, 1.807) is 45.0 Å². The Balaban J connectivity index is 1.74. The van der Waals surface area contributed by atoms with Crippen LogP contribution in [0.3, 0.4) is 0 Å². The van der Waals surface area contributed by atoms with E-state index in [0.717, 1.165) is 12.8 Å². The molecule has 1 aromatic rings. The first-order chi connectivity index (χ1) is 18.5. The normalized spacial score (nSPS) is 13.5. The second kappa shape index (κ2) is 15.7. The molecule has 1 heterocycles. The van der Waals surface area contributed by atoms with Crippen molar-refractivity contribution in [3.05, 3.63) is 35.4 Å². The number of hydrogen-bond acceptors (Lipinski definition) is 7. The highest BCUT2D eigenvalue weighted by Crippen LogP contribution is 2.22. The van der Waals surface area contributed by atoms with E-state index in [9.17, 15) is 24.0 Å². The van der Waals surface area contributed by atoms with Gasteiger partial charge < -0.3 is 25.4 Å². The number of benzene rings is 1. The molecule has 3 N–H and O–H groups in total. The lowest BCUT2D eigenvalue weighted by molar-refractivity contribution is -0.123. The van der Waals surface area contributed by atoms with E-state index in [-0.39, 0.29) is 30.9 Å². The van der Waals surface area contributed by atoms with E-state index in [4.69, 9.17) is 9.47 Å². The van der Waals surface area contributed by atoms with Gasteiger partial charge in [0.2, 0.25) is 5.91 Å². The van der Waals surface area contributed by atoms with Gasteiger partial charge in [0.1, 0.15) is 11.6 Å². The Bertz CT molecular complexity index is 971. The molecule has 0 bridgehead atoms. The maximum atomic E-state index is 12.8. The fraction of sp³-hybridized carbons (Fsp3) is 0.607. The van der Waals surface area contributed by atoms with Crippen LogP contribution in [0.4, 0.5) is 9.59 Å². The quantitative estimate of drug-likeness (QED) is 0.224. The summed E-state index contributed by atoms with van der Waals surface area (Å²) >= 11 is 0. The summed E-state index contributed by atoms with van der Waals surface area (Å²) in [6.07, 6.45) is 3.08. The van der Waals surface area contributed by atoms with Crippen LogP contribution in [0.2, 0.25) is 0 Å². The lowest BCUT2D eigenvalue weighted by atomic mass is 10.1. The Morgan fingerprint density at radius 3 is 2.13 bits per heavy atom. The number of imide groups is 1. The van der Waals surface area contributed by atoms with Gasteiger partial charge in [-0.2, -0.15) is 0 Å². The summed E-state index contributed by atoms with van der Waals surface area (Å²) in [5.74, 6) is -0.894. The lowest BCUT2D eigenvalue weighted by Gasteiger charge is -2.20. The highest BCUT2D eigenvalue weighted by atomic mass is 16.6. The van der Waals surface area contributed by atoms with Crippen molar-refractivity contribution in [1.29, 1.82) is 0 Å². The maximum absolute atomic E-state index is 12.8. The SMILES string of the molecule is CCCCOC(=O)NC(CCCNC(=O)OC(C)(C)C)C(=O)NCCCCCN1C(=O)c2ccccc2C1=O. The zero-order chi connectivity index (χ0) is 28.8. The van der Waals surface area contributed by atoms with Crippen LogP contribution in [0.5, 0.6) is 0 Å². The second-order valence-corrected chi connectivity index (χ2v) is 10.4. The molecule has 0 aromatic heterocycles. The van der Waals surface area contributed by atoms with E-state index in [1.807, 2.05) is 6.92 Å². The third-order valence-electron chi connectivity index (χ3n) is 5.91. The zero-order valence-corrected chi connectivity index (χ0v) is 23.5. The number of carbonyl (C=O) groups is 5. The number of rotatable bonds is 15. The molecule has 5 amide bonds. The highest BCUT2D eigenvalue weighted by molar-refractivity contribution is 6.21. The predicted molar refractivity (Wildman–Crippen MR) is 145 cm³/mol. The van der Waals surface area contributed by atoms with Crippen LogP contribution in [0, 0.1) is 0 Å². The van der Waals surface area contributed by atoms with Gasteiger partial charge in [-0.25, -0.2) is 9.59 Å². The minimum absolute atomic E-state index is 0.268. The van der Waals surface area contributed by atoms with Crippen molar-refractivity contribution < 1.29 is 33.4 Å². The molecule has 1 unspecified atom stereocenters. The van der Waals surface area contributed by atoms with Gasteiger partial charge in [-0.05, 0) is 71.4 Å². The molecule has 39 heavy (non-hydrogen) atoms. The van der Waals surface area contributed by atoms with Crippen molar-refractivity contribution >= 4 is 29.9 Å². The molecule has 1 aliphatic rings. The van der Waals surface area contributed by atoms with E-state index in [2.05, 4.69) is 16.0 Å². The number of ether oxygens (including phenoxy) is 2. The van der Waals surface area contributed by atoms with Crippen LogP contribution in [-0.2, 0) is 14.3 Å². The minimum atomic E-state index is -0.821. The van der Waals surface area contributed by atoms with Crippen LogP contribution in [0.25, 0.3) is 0 Å². The predicted octanol–water partition coefficient (Wildman–Crippen LogP) is 3.77. The van der Waals surface area contributed by atoms with Crippen molar-refractivity contribution in [1.82, 2.24) is 20.9 Å². The highest BCUT2D eigenvalue weighted by Gasteiger charge is 2.34. The van der Waals surface area contributed by atoms with Crippen molar-refractivity contribution in [3.8, 4) is 0 Å². The first-order valence-electron chi connectivity index (χ1n) is 13.7. The molecular weight excluding hydrogens is 504 g/mol. The molecule has 0 radical (unpaired) electrons. The fourth-order valence-corrected chi connectivity index (χ4v) is 3.92. The summed E-state index contributed by atoms with van der Waals surface area (Å²) in [4.78, 5) is 62.9. The molecule has 11 nitrogen and oxygen atoms in total. The van der Waals surface area contributed by atoms with Gasteiger partial charge in [0.05, 0.1) is 17.7 Å². The molecule has 0 spiro atoms. The monoisotopic (exact) mass is 546 g/mol. The summed E-state index contributed by atoms with van der Waals surface area (Å²) in [5, 5.41) is 8.08. The molecule has 0 saturated heterocycles. The van der Waals surface area contributed by atoms with Gasteiger partial charge in [-0.3, -0.25) is 19.3 Å². The summed E-state index contributed by atoms with van der Waals surface area (Å²) in [6, 6.07) is 5.96. The topological polar surface area (TPSA) is 143 Å². The Morgan fingerprint density at radius 1 is 0.872 bits per heavy atom. The molecule has 1 atom stereocenters. The van der Waals surface area contributed by atoms with Crippen LogP contribution in [0.15, 0.2) is 24.3 Å². The number of fused-ring (bicyclic) bond motifs is 1. The van der Waals surface area contributed by atoms with Gasteiger partial charge in [0, 0.05) is 19.6 Å². The van der Waals surface area contributed by atoms with E-state index < -0.39 is 23.8 Å². The number of unbranched alkanes of at least 4 members (excludes halogenated alkanes) is 3. The van der Waals surface area contributed by atoms with Gasteiger partial charge in [-0.1, -0.05) is 25.5 Å².